The lowest BCUT2D eigenvalue weighted by Crippen LogP contribution is -2.57. The van der Waals surface area contributed by atoms with Gasteiger partial charge < -0.3 is 15.5 Å². The maximum absolute atomic E-state index is 12.3. The first kappa shape index (κ1) is 15.8. The minimum absolute atomic E-state index is 0.0492. The van der Waals surface area contributed by atoms with Crippen LogP contribution in [0.4, 0.5) is 5.69 Å². The van der Waals surface area contributed by atoms with Crippen LogP contribution in [0.15, 0.2) is 24.3 Å². The fourth-order valence-corrected chi connectivity index (χ4v) is 3.48. The Kier molecular flexibility index (Phi) is 4.52. The van der Waals surface area contributed by atoms with Gasteiger partial charge in [-0.05, 0) is 37.1 Å². The van der Waals surface area contributed by atoms with Crippen molar-refractivity contribution < 1.29 is 9.59 Å². The molecule has 0 spiro atoms. The Labute approximate surface area is 136 Å². The molecule has 2 amide bonds. The van der Waals surface area contributed by atoms with Crippen molar-refractivity contribution >= 4 is 17.5 Å². The van der Waals surface area contributed by atoms with Crippen LogP contribution in [0, 0.1) is 0 Å². The first-order chi connectivity index (χ1) is 11.1. The van der Waals surface area contributed by atoms with Crippen LogP contribution in [0.25, 0.3) is 0 Å². The predicted octanol–water partition coefficient (Wildman–Crippen LogP) is 0.528. The van der Waals surface area contributed by atoms with Crippen LogP contribution in [0.1, 0.15) is 23.2 Å². The third kappa shape index (κ3) is 3.32. The second-order valence-electron chi connectivity index (χ2n) is 6.35. The summed E-state index contributed by atoms with van der Waals surface area (Å²) >= 11 is 0. The van der Waals surface area contributed by atoms with Crippen LogP contribution < -0.4 is 10.6 Å². The van der Waals surface area contributed by atoms with E-state index in [2.05, 4.69) is 9.80 Å². The number of carbonyl (C=O) groups excluding carboxylic acids is 2. The number of benzene rings is 1. The predicted molar refractivity (Wildman–Crippen MR) is 89.4 cm³/mol. The molecule has 2 heterocycles. The van der Waals surface area contributed by atoms with Crippen LogP contribution in [-0.4, -0.2) is 67.4 Å². The van der Waals surface area contributed by atoms with E-state index in [0.717, 1.165) is 51.3 Å². The van der Waals surface area contributed by atoms with E-state index < -0.39 is 5.91 Å². The molecule has 0 radical (unpaired) electrons. The normalized spacial score (nSPS) is 23.2. The number of nitrogens with zero attached hydrogens (tertiary/aromatic N) is 3. The Bertz CT molecular complexity index is 579. The second kappa shape index (κ2) is 6.58. The lowest BCUT2D eigenvalue weighted by molar-refractivity contribution is -0.138. The second-order valence-corrected chi connectivity index (χ2v) is 6.35. The molecule has 2 N–H and O–H groups in total. The number of rotatable bonds is 3. The average molecular weight is 316 g/mol. The van der Waals surface area contributed by atoms with Gasteiger partial charge in [0.1, 0.15) is 0 Å². The first-order valence-electron chi connectivity index (χ1n) is 8.20. The Hall–Kier alpha value is -2.08. The molecule has 1 atom stereocenters. The van der Waals surface area contributed by atoms with Crippen LogP contribution in [0.5, 0.6) is 0 Å². The Morgan fingerprint density at radius 3 is 2.35 bits per heavy atom. The lowest BCUT2D eigenvalue weighted by atomic mass is 10.0. The molecule has 2 saturated heterocycles. The summed E-state index contributed by atoms with van der Waals surface area (Å²) in [5.74, 6) is -0.142. The van der Waals surface area contributed by atoms with Gasteiger partial charge in [-0.1, -0.05) is 0 Å². The highest BCUT2D eigenvalue weighted by Gasteiger charge is 2.33. The molecule has 1 unspecified atom stereocenters. The fourth-order valence-electron chi connectivity index (χ4n) is 3.48. The monoisotopic (exact) mass is 316 g/mol. The summed E-state index contributed by atoms with van der Waals surface area (Å²) in [7, 11) is 1.89. The van der Waals surface area contributed by atoms with Crippen molar-refractivity contribution in [3.05, 3.63) is 29.8 Å². The van der Waals surface area contributed by atoms with Gasteiger partial charge in [0.05, 0.1) is 6.04 Å². The molecule has 124 valence electrons. The quantitative estimate of drug-likeness (QED) is 0.883. The van der Waals surface area contributed by atoms with Crippen molar-refractivity contribution in [3.8, 4) is 0 Å². The zero-order valence-electron chi connectivity index (χ0n) is 13.6. The summed E-state index contributed by atoms with van der Waals surface area (Å²) in [5, 5.41) is 0. The number of piperidine rings is 1. The van der Waals surface area contributed by atoms with Crippen LogP contribution >= 0.6 is 0 Å². The molecular weight excluding hydrogens is 292 g/mol. The fraction of sp³-hybridized carbons (Fsp3) is 0.529. The summed E-state index contributed by atoms with van der Waals surface area (Å²) < 4.78 is 0. The minimum atomic E-state index is -0.402. The van der Waals surface area contributed by atoms with E-state index in [1.54, 1.807) is 12.1 Å². The third-order valence-electron chi connectivity index (χ3n) is 4.90. The van der Waals surface area contributed by atoms with Crippen molar-refractivity contribution in [1.82, 2.24) is 9.80 Å². The van der Waals surface area contributed by atoms with E-state index in [9.17, 15) is 9.59 Å². The molecule has 2 fully saturated rings. The SMILES string of the molecule is CN1CCCC(N2CCN(c3ccc(C(N)=O)cc3)CC2)C1=O. The molecule has 0 saturated carbocycles. The molecule has 23 heavy (non-hydrogen) atoms. The molecule has 6 nitrogen and oxygen atoms in total. The van der Waals surface area contributed by atoms with Crippen LogP contribution in [-0.2, 0) is 4.79 Å². The highest BCUT2D eigenvalue weighted by Crippen LogP contribution is 2.21. The van der Waals surface area contributed by atoms with Gasteiger partial charge in [-0.25, -0.2) is 0 Å². The summed E-state index contributed by atoms with van der Waals surface area (Å²) in [4.78, 5) is 29.9. The molecular formula is C17H24N4O2. The summed E-state index contributed by atoms with van der Waals surface area (Å²) in [5.41, 5.74) is 6.90. The smallest absolute Gasteiger partial charge is 0.248 e. The average Bonchev–Trinajstić information content (AvgIpc) is 2.58. The van der Waals surface area contributed by atoms with E-state index in [4.69, 9.17) is 5.73 Å². The number of hydrogen-bond donors (Lipinski definition) is 1. The molecule has 6 heteroatoms. The van der Waals surface area contributed by atoms with Crippen molar-refractivity contribution in [2.75, 3.05) is 44.7 Å². The maximum atomic E-state index is 12.3. The highest BCUT2D eigenvalue weighted by atomic mass is 16.2. The molecule has 0 bridgehead atoms. The van der Waals surface area contributed by atoms with Gasteiger partial charge in [0, 0.05) is 51.0 Å². The minimum Gasteiger partial charge on any atom is -0.369 e. The van der Waals surface area contributed by atoms with E-state index in [1.165, 1.54) is 0 Å². The van der Waals surface area contributed by atoms with Crippen LogP contribution in [0.3, 0.4) is 0 Å². The summed E-state index contributed by atoms with van der Waals surface area (Å²) in [6, 6.07) is 7.46. The molecule has 3 rings (SSSR count). The lowest BCUT2D eigenvalue weighted by Gasteiger charge is -2.42. The van der Waals surface area contributed by atoms with Gasteiger partial charge in [0.2, 0.25) is 11.8 Å². The number of piperazine rings is 1. The standard InChI is InChI=1S/C17H24N4O2/c1-19-8-2-3-15(17(19)23)21-11-9-20(10-12-21)14-6-4-13(5-7-14)16(18)22/h4-7,15H,2-3,8-12H2,1H3,(H2,18,22). The first-order valence-corrected chi connectivity index (χ1v) is 8.20. The van der Waals surface area contributed by atoms with Gasteiger partial charge in [0.25, 0.3) is 0 Å². The van der Waals surface area contributed by atoms with E-state index in [1.807, 2.05) is 24.1 Å². The highest BCUT2D eigenvalue weighted by molar-refractivity contribution is 5.93. The van der Waals surface area contributed by atoms with E-state index in [0.29, 0.717) is 5.56 Å². The summed E-state index contributed by atoms with van der Waals surface area (Å²) in [6.45, 7) is 4.44. The van der Waals surface area contributed by atoms with Gasteiger partial charge >= 0.3 is 0 Å². The number of hydrogen-bond acceptors (Lipinski definition) is 4. The number of amides is 2. The van der Waals surface area contributed by atoms with Crippen molar-refractivity contribution in [2.24, 2.45) is 5.73 Å². The van der Waals surface area contributed by atoms with Gasteiger partial charge in [-0.3, -0.25) is 14.5 Å². The summed E-state index contributed by atoms with van der Waals surface area (Å²) in [6.07, 6.45) is 2.05. The Morgan fingerprint density at radius 2 is 1.74 bits per heavy atom. The molecule has 1 aromatic rings. The third-order valence-corrected chi connectivity index (χ3v) is 4.90. The number of carbonyl (C=O) groups is 2. The molecule has 2 aliphatic rings. The van der Waals surface area contributed by atoms with Gasteiger partial charge in [-0.15, -0.1) is 0 Å². The van der Waals surface area contributed by atoms with Crippen molar-refractivity contribution in [1.29, 1.82) is 0 Å². The molecule has 0 aromatic heterocycles. The Morgan fingerprint density at radius 1 is 1.09 bits per heavy atom. The largest absolute Gasteiger partial charge is 0.369 e. The van der Waals surface area contributed by atoms with E-state index >= 15 is 0 Å². The number of primary amides is 1. The van der Waals surface area contributed by atoms with Gasteiger partial charge in [-0.2, -0.15) is 0 Å². The number of likely N-dealkylation sites (tertiary alicyclic amines) is 1. The molecule has 2 aliphatic heterocycles. The van der Waals surface area contributed by atoms with Gasteiger partial charge in [0.15, 0.2) is 0 Å². The molecule has 1 aromatic carbocycles. The number of likely N-dealkylation sites (N-methyl/N-ethyl adjacent to an activating group) is 1. The number of nitrogens with two attached hydrogens (primary N) is 1. The van der Waals surface area contributed by atoms with E-state index in [-0.39, 0.29) is 11.9 Å². The molecule has 0 aliphatic carbocycles. The zero-order valence-corrected chi connectivity index (χ0v) is 13.6. The topological polar surface area (TPSA) is 69.9 Å². The van der Waals surface area contributed by atoms with Crippen molar-refractivity contribution in [3.63, 3.8) is 0 Å². The van der Waals surface area contributed by atoms with Crippen LogP contribution in [0.2, 0.25) is 0 Å². The maximum Gasteiger partial charge on any atom is 0.248 e. The number of anilines is 1. The zero-order chi connectivity index (χ0) is 16.4. The van der Waals surface area contributed by atoms with Crippen molar-refractivity contribution in [2.45, 2.75) is 18.9 Å². The Balaban J connectivity index is 1.59.